The van der Waals surface area contributed by atoms with Gasteiger partial charge in [0.2, 0.25) is 0 Å². The number of ether oxygens (including phenoxy) is 1. The molecule has 0 saturated heterocycles. The van der Waals surface area contributed by atoms with E-state index in [1.165, 1.54) is 0 Å². The fraction of sp³-hybridized carbons (Fsp3) is 0.364. The molecule has 0 saturated carbocycles. The second-order valence-electron chi connectivity index (χ2n) is 4.31. The first-order valence-electron chi connectivity index (χ1n) is 4.76. The van der Waals surface area contributed by atoms with Crippen LogP contribution < -0.4 is 10.1 Å². The molecule has 0 radical (unpaired) electrons. The summed E-state index contributed by atoms with van der Waals surface area (Å²) < 4.78 is 5.52. The quantitative estimate of drug-likeness (QED) is 0.739. The second kappa shape index (κ2) is 3.15. The summed E-state index contributed by atoms with van der Waals surface area (Å²) in [7, 11) is 0. The number of rotatable bonds is 1. The fourth-order valence-corrected chi connectivity index (χ4v) is 1.55. The fourth-order valence-electron chi connectivity index (χ4n) is 1.55. The van der Waals surface area contributed by atoms with E-state index in [1.54, 1.807) is 18.2 Å². The molecule has 0 atom stereocenters. The van der Waals surface area contributed by atoms with E-state index in [9.17, 15) is 4.79 Å². The molecule has 0 fully saturated rings. The molecule has 1 heterocycles. The Morgan fingerprint density at radius 2 is 2.27 bits per heavy atom. The van der Waals surface area contributed by atoms with Crippen LogP contribution >= 0.6 is 0 Å². The normalized spacial score (nSPS) is 17.2. The van der Waals surface area contributed by atoms with Crippen LogP contribution in [0.4, 0.5) is 5.69 Å². The lowest BCUT2D eigenvalue weighted by Gasteiger charge is -2.33. The van der Waals surface area contributed by atoms with Gasteiger partial charge in [0, 0.05) is 0 Å². The van der Waals surface area contributed by atoms with Crippen molar-refractivity contribution in [3.05, 3.63) is 23.8 Å². The largest absolute Gasteiger partial charge is 0.489 e. The first-order chi connectivity index (χ1) is 6.98. The Bertz CT molecular complexity index is 412. The van der Waals surface area contributed by atoms with Crippen molar-refractivity contribution in [2.45, 2.75) is 19.4 Å². The minimum atomic E-state index is -0.928. The van der Waals surface area contributed by atoms with Crippen molar-refractivity contribution in [2.75, 3.05) is 11.9 Å². The molecule has 1 aliphatic rings. The number of hydrogen-bond acceptors (Lipinski definition) is 3. The van der Waals surface area contributed by atoms with Crippen molar-refractivity contribution in [2.24, 2.45) is 0 Å². The highest BCUT2D eigenvalue weighted by atomic mass is 16.5. The van der Waals surface area contributed by atoms with Gasteiger partial charge in [0.05, 0.1) is 16.8 Å². The molecule has 0 bridgehead atoms. The van der Waals surface area contributed by atoms with Gasteiger partial charge >= 0.3 is 5.97 Å². The van der Waals surface area contributed by atoms with Gasteiger partial charge in [-0.15, -0.1) is 0 Å². The molecule has 0 aliphatic carbocycles. The summed E-state index contributed by atoms with van der Waals surface area (Å²) >= 11 is 0. The van der Waals surface area contributed by atoms with Gasteiger partial charge in [-0.2, -0.15) is 0 Å². The smallest absolute Gasteiger partial charge is 0.335 e. The van der Waals surface area contributed by atoms with Gasteiger partial charge in [-0.05, 0) is 32.0 Å². The van der Waals surface area contributed by atoms with E-state index in [0.29, 0.717) is 12.4 Å². The Morgan fingerprint density at radius 1 is 1.53 bits per heavy atom. The molecule has 4 nitrogen and oxygen atoms in total. The first-order valence-corrected chi connectivity index (χ1v) is 4.76. The van der Waals surface area contributed by atoms with Crippen LogP contribution in [-0.4, -0.2) is 23.2 Å². The molecule has 80 valence electrons. The van der Waals surface area contributed by atoms with E-state index in [0.717, 1.165) is 5.69 Å². The highest BCUT2D eigenvalue weighted by Crippen LogP contribution is 2.32. The lowest BCUT2D eigenvalue weighted by Crippen LogP contribution is -2.40. The van der Waals surface area contributed by atoms with Crippen molar-refractivity contribution in [1.82, 2.24) is 0 Å². The van der Waals surface area contributed by atoms with Gasteiger partial charge in [-0.3, -0.25) is 0 Å². The van der Waals surface area contributed by atoms with E-state index in [4.69, 9.17) is 9.84 Å². The average molecular weight is 207 g/mol. The van der Waals surface area contributed by atoms with E-state index in [1.807, 2.05) is 13.8 Å². The number of benzene rings is 1. The summed E-state index contributed by atoms with van der Waals surface area (Å²) in [5.41, 5.74) is 0.845. The maximum Gasteiger partial charge on any atom is 0.335 e. The summed E-state index contributed by atoms with van der Waals surface area (Å²) in [4.78, 5) is 10.8. The highest BCUT2D eigenvalue weighted by molar-refractivity contribution is 5.89. The standard InChI is InChI=1S/C11H13NO3/c1-11(2)6-15-9-4-3-7(10(13)14)5-8(9)12-11/h3-5,12H,6H2,1-2H3,(H,13,14). The minimum absolute atomic E-state index is 0.163. The number of fused-ring (bicyclic) bond motifs is 1. The Morgan fingerprint density at radius 3 is 2.93 bits per heavy atom. The molecule has 1 aromatic carbocycles. The zero-order chi connectivity index (χ0) is 11.1. The number of anilines is 1. The van der Waals surface area contributed by atoms with E-state index >= 15 is 0 Å². The zero-order valence-corrected chi connectivity index (χ0v) is 8.70. The zero-order valence-electron chi connectivity index (χ0n) is 8.70. The summed E-state index contributed by atoms with van der Waals surface area (Å²) in [6.07, 6.45) is 0. The molecule has 0 unspecified atom stereocenters. The summed E-state index contributed by atoms with van der Waals surface area (Å²) in [5.74, 6) is -0.220. The highest BCUT2D eigenvalue weighted by Gasteiger charge is 2.25. The number of nitrogens with one attached hydrogen (secondary N) is 1. The summed E-state index contributed by atoms with van der Waals surface area (Å²) in [6, 6.07) is 4.82. The van der Waals surface area contributed by atoms with Crippen LogP contribution in [-0.2, 0) is 0 Å². The second-order valence-corrected chi connectivity index (χ2v) is 4.31. The van der Waals surface area contributed by atoms with E-state index in [-0.39, 0.29) is 11.1 Å². The number of carboxylic acid groups (broad SMARTS) is 1. The van der Waals surface area contributed by atoms with Gasteiger partial charge < -0.3 is 15.2 Å². The third kappa shape index (κ3) is 1.88. The molecule has 0 spiro atoms. The third-order valence-corrected chi connectivity index (χ3v) is 2.29. The Kier molecular flexibility index (Phi) is 2.07. The molecule has 0 amide bonds. The molecule has 2 N–H and O–H groups in total. The Balaban J connectivity index is 2.39. The number of carboxylic acids is 1. The van der Waals surface area contributed by atoms with Crippen LogP contribution in [0.25, 0.3) is 0 Å². The van der Waals surface area contributed by atoms with Crippen LogP contribution in [0.2, 0.25) is 0 Å². The summed E-state index contributed by atoms with van der Waals surface area (Å²) in [5, 5.41) is 12.1. The maximum atomic E-state index is 10.8. The van der Waals surface area contributed by atoms with Gasteiger partial charge in [0.15, 0.2) is 0 Å². The van der Waals surface area contributed by atoms with Crippen molar-refractivity contribution >= 4 is 11.7 Å². The van der Waals surface area contributed by atoms with Crippen molar-refractivity contribution in [1.29, 1.82) is 0 Å². The monoisotopic (exact) mass is 207 g/mol. The van der Waals surface area contributed by atoms with Crippen molar-refractivity contribution in [3.8, 4) is 5.75 Å². The van der Waals surface area contributed by atoms with Crippen molar-refractivity contribution in [3.63, 3.8) is 0 Å². The number of aromatic carboxylic acids is 1. The van der Waals surface area contributed by atoms with Crippen LogP contribution in [0, 0.1) is 0 Å². The van der Waals surface area contributed by atoms with E-state index < -0.39 is 5.97 Å². The Labute approximate surface area is 87.9 Å². The Hall–Kier alpha value is -1.71. The molecular weight excluding hydrogens is 194 g/mol. The maximum absolute atomic E-state index is 10.8. The predicted molar refractivity (Wildman–Crippen MR) is 56.6 cm³/mol. The number of carbonyl (C=O) groups is 1. The lowest BCUT2D eigenvalue weighted by atomic mass is 10.0. The molecule has 1 aromatic rings. The predicted octanol–water partition coefficient (Wildman–Crippen LogP) is 1.97. The van der Waals surface area contributed by atoms with Gasteiger partial charge in [-0.1, -0.05) is 0 Å². The van der Waals surface area contributed by atoms with E-state index in [2.05, 4.69) is 5.32 Å². The molecule has 0 aromatic heterocycles. The molecule has 1 aliphatic heterocycles. The number of hydrogen-bond donors (Lipinski definition) is 2. The average Bonchev–Trinajstić information content (AvgIpc) is 2.15. The van der Waals surface area contributed by atoms with Crippen molar-refractivity contribution < 1.29 is 14.6 Å². The lowest BCUT2D eigenvalue weighted by molar-refractivity contribution is 0.0697. The summed E-state index contributed by atoms with van der Waals surface area (Å²) in [6.45, 7) is 4.58. The van der Waals surface area contributed by atoms with Crippen LogP contribution in [0.15, 0.2) is 18.2 Å². The third-order valence-electron chi connectivity index (χ3n) is 2.29. The van der Waals surface area contributed by atoms with Gasteiger partial charge in [0.25, 0.3) is 0 Å². The molecular formula is C11H13NO3. The van der Waals surface area contributed by atoms with Gasteiger partial charge in [-0.25, -0.2) is 4.79 Å². The molecule has 15 heavy (non-hydrogen) atoms. The first kappa shape index (κ1) is 9.83. The molecule has 2 rings (SSSR count). The van der Waals surface area contributed by atoms with Gasteiger partial charge in [0.1, 0.15) is 12.4 Å². The van der Waals surface area contributed by atoms with Crippen LogP contribution in [0.3, 0.4) is 0 Å². The van der Waals surface area contributed by atoms with Crippen LogP contribution in [0.5, 0.6) is 5.75 Å². The van der Waals surface area contributed by atoms with Crippen LogP contribution in [0.1, 0.15) is 24.2 Å². The SMILES string of the molecule is CC1(C)COc2ccc(C(=O)O)cc2N1. The molecule has 4 heteroatoms. The minimum Gasteiger partial charge on any atom is -0.489 e. The topological polar surface area (TPSA) is 58.6 Å².